The number of para-hydroxylation sites is 3. The van der Waals surface area contributed by atoms with E-state index < -0.39 is 8.07 Å². The van der Waals surface area contributed by atoms with Crippen molar-refractivity contribution >= 4 is 62.9 Å². The standard InChI is InChI=1S/C60H46N2OSi/c1-7-19-49(20-8-1)61(50-21-9-2-10-22-50)52-37-39-53(40-38-52)62(54-41-43-56(44-42-54)63-55-23-11-3-12-24-55)51-35-31-47(32-36-51)48-33-45-60(46-34-48)64(57-25-13-4-14-26-57,58-27-15-5-16-28-58)59-29-17-6-18-30-59/h1-46H. The monoisotopic (exact) mass is 838 g/mol. The molecule has 10 aromatic rings. The van der Waals surface area contributed by atoms with E-state index in [-0.39, 0.29) is 0 Å². The molecule has 0 radical (unpaired) electrons. The van der Waals surface area contributed by atoms with Gasteiger partial charge in [-0.2, -0.15) is 0 Å². The first-order valence-electron chi connectivity index (χ1n) is 21.7. The molecule has 0 N–H and O–H groups in total. The number of anilines is 6. The lowest BCUT2D eigenvalue weighted by Gasteiger charge is -2.34. The smallest absolute Gasteiger partial charge is 0.179 e. The van der Waals surface area contributed by atoms with Crippen molar-refractivity contribution < 1.29 is 4.74 Å². The lowest BCUT2D eigenvalue weighted by Crippen LogP contribution is -2.74. The van der Waals surface area contributed by atoms with Gasteiger partial charge in [0.25, 0.3) is 0 Å². The molecular formula is C60H46N2OSi. The molecule has 0 spiro atoms. The highest BCUT2D eigenvalue weighted by Gasteiger charge is 2.41. The maximum atomic E-state index is 6.20. The molecular weight excluding hydrogens is 793 g/mol. The first-order chi connectivity index (χ1) is 31.7. The van der Waals surface area contributed by atoms with Crippen LogP contribution >= 0.6 is 0 Å². The summed E-state index contributed by atoms with van der Waals surface area (Å²) in [5.41, 5.74) is 8.73. The van der Waals surface area contributed by atoms with Crippen LogP contribution in [-0.2, 0) is 0 Å². The van der Waals surface area contributed by atoms with Crippen molar-refractivity contribution in [3.63, 3.8) is 0 Å². The molecule has 0 saturated heterocycles. The Morgan fingerprint density at radius 3 is 0.844 bits per heavy atom. The third-order valence-electron chi connectivity index (χ3n) is 11.9. The largest absolute Gasteiger partial charge is 0.457 e. The SMILES string of the molecule is c1ccc(Oc2ccc(N(c3ccc(-c4ccc([Si](c5ccccc5)(c5ccccc5)c5ccccc5)cc4)cc3)c3ccc(N(c4ccccc4)c4ccccc4)cc3)cc2)cc1. The second-order valence-corrected chi connectivity index (χ2v) is 19.5. The summed E-state index contributed by atoms with van der Waals surface area (Å²) in [5.74, 6) is 1.59. The number of benzene rings is 10. The molecule has 0 amide bonds. The summed E-state index contributed by atoms with van der Waals surface area (Å²) in [6.45, 7) is 0. The van der Waals surface area contributed by atoms with Crippen LogP contribution in [0.2, 0.25) is 0 Å². The van der Waals surface area contributed by atoms with Crippen LogP contribution in [0.3, 0.4) is 0 Å². The van der Waals surface area contributed by atoms with Gasteiger partial charge in [0.2, 0.25) is 0 Å². The molecule has 306 valence electrons. The van der Waals surface area contributed by atoms with Crippen molar-refractivity contribution in [2.24, 2.45) is 0 Å². The van der Waals surface area contributed by atoms with Gasteiger partial charge in [-0.25, -0.2) is 0 Å². The third kappa shape index (κ3) is 8.14. The summed E-state index contributed by atoms with van der Waals surface area (Å²) in [4.78, 5) is 4.59. The molecule has 0 bridgehead atoms. The average Bonchev–Trinajstić information content (AvgIpc) is 3.38. The molecule has 0 aromatic heterocycles. The number of hydrogen-bond acceptors (Lipinski definition) is 3. The molecule has 10 aromatic carbocycles. The zero-order valence-corrected chi connectivity index (χ0v) is 36.4. The third-order valence-corrected chi connectivity index (χ3v) is 16.7. The molecule has 0 unspecified atom stereocenters. The summed E-state index contributed by atoms with van der Waals surface area (Å²) < 4.78 is 6.20. The Morgan fingerprint density at radius 1 is 0.219 bits per heavy atom. The topological polar surface area (TPSA) is 15.7 Å². The van der Waals surface area contributed by atoms with Gasteiger partial charge in [-0.1, -0.05) is 182 Å². The van der Waals surface area contributed by atoms with Crippen LogP contribution in [0.15, 0.2) is 279 Å². The number of rotatable bonds is 13. The maximum absolute atomic E-state index is 6.20. The number of hydrogen-bond donors (Lipinski definition) is 0. The summed E-state index contributed by atoms with van der Waals surface area (Å²) in [7, 11) is -2.62. The van der Waals surface area contributed by atoms with Crippen molar-refractivity contribution in [1.29, 1.82) is 0 Å². The Balaban J connectivity index is 1.01. The van der Waals surface area contributed by atoms with Crippen molar-refractivity contribution in [3.8, 4) is 22.6 Å². The van der Waals surface area contributed by atoms with E-state index in [4.69, 9.17) is 4.74 Å². The van der Waals surface area contributed by atoms with Crippen molar-refractivity contribution in [1.82, 2.24) is 0 Å². The average molecular weight is 839 g/mol. The first kappa shape index (κ1) is 39.9. The van der Waals surface area contributed by atoms with Crippen LogP contribution in [0.4, 0.5) is 34.1 Å². The van der Waals surface area contributed by atoms with Crippen molar-refractivity contribution in [2.45, 2.75) is 0 Å². The summed E-state index contributed by atoms with van der Waals surface area (Å²) in [5, 5.41) is 5.45. The molecule has 3 nitrogen and oxygen atoms in total. The maximum Gasteiger partial charge on any atom is 0.179 e. The predicted molar refractivity (Wildman–Crippen MR) is 271 cm³/mol. The lowest BCUT2D eigenvalue weighted by atomic mass is 10.0. The van der Waals surface area contributed by atoms with Gasteiger partial charge in [0.05, 0.1) is 0 Å². The van der Waals surface area contributed by atoms with E-state index in [1.165, 1.54) is 26.3 Å². The predicted octanol–water partition coefficient (Wildman–Crippen LogP) is 13.5. The molecule has 0 aliphatic carbocycles. The van der Waals surface area contributed by atoms with E-state index in [0.717, 1.165) is 51.2 Å². The number of ether oxygens (including phenoxy) is 1. The van der Waals surface area contributed by atoms with Crippen LogP contribution in [0, 0.1) is 0 Å². The fraction of sp³-hybridized carbons (Fsp3) is 0. The normalized spacial score (nSPS) is 11.1. The van der Waals surface area contributed by atoms with Gasteiger partial charge in [0, 0.05) is 34.1 Å². The molecule has 10 rings (SSSR count). The van der Waals surface area contributed by atoms with Crippen LogP contribution in [-0.4, -0.2) is 8.07 Å². The van der Waals surface area contributed by atoms with Gasteiger partial charge in [0.1, 0.15) is 11.5 Å². The summed E-state index contributed by atoms with van der Waals surface area (Å²) >= 11 is 0. The van der Waals surface area contributed by atoms with Gasteiger partial charge in [-0.3, -0.25) is 0 Å². The molecule has 0 atom stereocenters. The Hall–Kier alpha value is -8.18. The minimum atomic E-state index is -2.62. The van der Waals surface area contributed by atoms with Crippen molar-refractivity contribution in [3.05, 3.63) is 279 Å². The highest BCUT2D eigenvalue weighted by molar-refractivity contribution is 7.19. The Kier molecular flexibility index (Phi) is 11.5. The molecule has 4 heteroatoms. The summed E-state index contributed by atoms with van der Waals surface area (Å²) in [6, 6.07) is 99.6. The second kappa shape index (κ2) is 18.4. The van der Waals surface area contributed by atoms with Crippen LogP contribution in [0.1, 0.15) is 0 Å². The van der Waals surface area contributed by atoms with E-state index in [9.17, 15) is 0 Å². The van der Waals surface area contributed by atoms with Crippen LogP contribution in [0.5, 0.6) is 11.5 Å². The van der Waals surface area contributed by atoms with Crippen LogP contribution < -0.4 is 35.3 Å². The van der Waals surface area contributed by atoms with Crippen LogP contribution in [0.25, 0.3) is 11.1 Å². The minimum absolute atomic E-state index is 0.782. The Morgan fingerprint density at radius 2 is 0.469 bits per heavy atom. The van der Waals surface area contributed by atoms with Crippen molar-refractivity contribution in [2.75, 3.05) is 9.80 Å². The lowest BCUT2D eigenvalue weighted by molar-refractivity contribution is 0.483. The van der Waals surface area contributed by atoms with Gasteiger partial charge in [-0.15, -0.1) is 0 Å². The number of nitrogens with zero attached hydrogens (tertiary/aromatic N) is 2. The first-order valence-corrected chi connectivity index (χ1v) is 23.7. The zero-order valence-electron chi connectivity index (χ0n) is 35.4. The molecule has 0 fully saturated rings. The molecule has 64 heavy (non-hydrogen) atoms. The molecule has 0 heterocycles. The Labute approximate surface area is 377 Å². The van der Waals surface area contributed by atoms with Gasteiger partial charge in [-0.05, 0) is 129 Å². The quantitative estimate of drug-likeness (QED) is 0.0850. The highest BCUT2D eigenvalue weighted by Crippen LogP contribution is 2.40. The van der Waals surface area contributed by atoms with E-state index >= 15 is 0 Å². The minimum Gasteiger partial charge on any atom is -0.457 e. The highest BCUT2D eigenvalue weighted by atomic mass is 28.3. The summed E-state index contributed by atoms with van der Waals surface area (Å²) in [6.07, 6.45) is 0. The van der Waals surface area contributed by atoms with Gasteiger partial charge < -0.3 is 14.5 Å². The fourth-order valence-electron chi connectivity index (χ4n) is 8.87. The Bertz CT molecular complexity index is 2870. The fourth-order valence-corrected chi connectivity index (χ4v) is 13.6. The van der Waals surface area contributed by atoms with E-state index in [1.54, 1.807) is 0 Å². The van der Waals surface area contributed by atoms with E-state index in [2.05, 4.69) is 246 Å². The van der Waals surface area contributed by atoms with E-state index in [0.29, 0.717) is 0 Å². The molecule has 0 aliphatic heterocycles. The van der Waals surface area contributed by atoms with Gasteiger partial charge >= 0.3 is 0 Å². The second-order valence-electron chi connectivity index (χ2n) is 15.7. The molecule has 0 aliphatic rings. The van der Waals surface area contributed by atoms with Gasteiger partial charge in [0.15, 0.2) is 8.07 Å². The molecule has 0 saturated carbocycles. The zero-order chi connectivity index (χ0) is 43.0. The van der Waals surface area contributed by atoms with E-state index in [1.807, 2.05) is 42.5 Å².